The Bertz CT molecular complexity index is 4050. The van der Waals surface area contributed by atoms with Crippen molar-refractivity contribution in [1.29, 1.82) is 0 Å². The van der Waals surface area contributed by atoms with Gasteiger partial charge in [-0.1, -0.05) is 189 Å². The molecule has 5 aliphatic rings. The largest absolute Gasteiger partial charge is 0.334 e. The van der Waals surface area contributed by atoms with E-state index in [4.69, 9.17) is 0 Å². The minimum Gasteiger partial charge on any atom is -0.334 e. The van der Waals surface area contributed by atoms with Crippen LogP contribution in [-0.4, -0.2) is 10.6 Å². The van der Waals surface area contributed by atoms with Crippen LogP contribution in [0.5, 0.6) is 0 Å². The van der Waals surface area contributed by atoms with E-state index < -0.39 is 0 Å². The average molecular weight is 968 g/mol. The number of nitrogens with zero attached hydrogens (tertiary/aromatic N) is 3. The highest BCUT2D eigenvalue weighted by atomic mass is 15.2. The summed E-state index contributed by atoms with van der Waals surface area (Å²) in [4.78, 5) is 5.07. The lowest BCUT2D eigenvalue weighted by molar-refractivity contribution is 0.593. The molecule has 75 heavy (non-hydrogen) atoms. The summed E-state index contributed by atoms with van der Waals surface area (Å²) >= 11 is 0. The molecule has 15 rings (SSSR count). The molecule has 9 aromatic carbocycles. The van der Waals surface area contributed by atoms with Crippen LogP contribution in [0.25, 0.3) is 60.9 Å². The van der Waals surface area contributed by atoms with Crippen molar-refractivity contribution in [2.45, 2.75) is 89.5 Å². The second-order valence-corrected chi connectivity index (χ2v) is 24.1. The standard InChI is InChI=1S/C72H61N3/c1-69(2)58-26-17-15-24-52(58)54-36-34-49(41-62(54)69)74(50-35-37-55-53-25-16-18-27-59(53)70(3,4)63(55)42-50)48-32-30-44(31-33-48)45-38-56-57-40-51(73(46-20-11-9-12-21-46)47-22-13-10-14-23-47)43-65-67(57)75-66(56)64(39-45)71(5,6)60-28-19-29-61(68(60)75)72(65,7)8/h9-22,24-43,47H,23H2,1-8H3. The lowest BCUT2D eigenvalue weighted by atomic mass is 9.68. The fourth-order valence-electron chi connectivity index (χ4n) is 14.6. The van der Waals surface area contributed by atoms with Crippen LogP contribution in [0.3, 0.4) is 0 Å². The second kappa shape index (κ2) is 15.2. The van der Waals surface area contributed by atoms with Crippen molar-refractivity contribution in [2.75, 3.05) is 9.80 Å². The molecular formula is C72H61N3. The van der Waals surface area contributed by atoms with Crippen molar-refractivity contribution in [1.82, 2.24) is 4.57 Å². The van der Waals surface area contributed by atoms with E-state index in [1.54, 1.807) is 0 Å². The SMILES string of the molecule is CC1(C)c2ccccc2-c2ccc(N(c3ccc(-c4cc5c6c(c4)c4cc(N(c7ccccc7)C7C=CC=CC7)cc7c4n6-c4c(cccc4C7(C)C)C5(C)C)cc3)c3ccc4c(c3)C(C)(C)c3ccccc3-4)cc21. The first-order chi connectivity index (χ1) is 36.2. The Morgan fingerprint density at radius 1 is 0.373 bits per heavy atom. The van der Waals surface area contributed by atoms with E-state index in [1.807, 2.05) is 0 Å². The van der Waals surface area contributed by atoms with E-state index in [1.165, 1.54) is 128 Å². The van der Waals surface area contributed by atoms with Gasteiger partial charge in [-0.25, -0.2) is 0 Å². The number of benzene rings is 9. The molecule has 3 heterocycles. The van der Waals surface area contributed by atoms with Crippen LogP contribution in [0, 0.1) is 0 Å². The van der Waals surface area contributed by atoms with Gasteiger partial charge in [0.1, 0.15) is 0 Å². The van der Waals surface area contributed by atoms with E-state index >= 15 is 0 Å². The zero-order chi connectivity index (χ0) is 50.9. The molecule has 0 saturated heterocycles. The Morgan fingerprint density at radius 2 is 0.867 bits per heavy atom. The van der Waals surface area contributed by atoms with Crippen molar-refractivity contribution >= 4 is 50.2 Å². The molecule has 0 spiro atoms. The summed E-state index contributed by atoms with van der Waals surface area (Å²) in [6, 6.07) is 70.1. The summed E-state index contributed by atoms with van der Waals surface area (Å²) in [5.41, 5.74) is 28.1. The topological polar surface area (TPSA) is 11.4 Å². The van der Waals surface area contributed by atoms with Crippen LogP contribution in [0.4, 0.5) is 28.4 Å². The molecule has 2 aliphatic heterocycles. The second-order valence-electron chi connectivity index (χ2n) is 24.1. The predicted molar refractivity (Wildman–Crippen MR) is 316 cm³/mol. The van der Waals surface area contributed by atoms with Crippen LogP contribution < -0.4 is 9.80 Å². The Morgan fingerprint density at radius 3 is 1.45 bits per heavy atom. The fourth-order valence-corrected chi connectivity index (χ4v) is 14.6. The van der Waals surface area contributed by atoms with E-state index in [0.717, 1.165) is 12.1 Å². The number of hydrogen-bond acceptors (Lipinski definition) is 2. The molecule has 1 unspecified atom stereocenters. The molecule has 1 aromatic heterocycles. The number of rotatable bonds is 7. The van der Waals surface area contributed by atoms with Crippen LogP contribution in [0.2, 0.25) is 0 Å². The third kappa shape index (κ3) is 5.98. The van der Waals surface area contributed by atoms with Crippen LogP contribution in [0.1, 0.15) is 106 Å². The van der Waals surface area contributed by atoms with Gasteiger partial charge < -0.3 is 14.4 Å². The van der Waals surface area contributed by atoms with Gasteiger partial charge in [-0.05, 0) is 157 Å². The Kier molecular flexibility index (Phi) is 9.01. The number of fused-ring (bicyclic) bond motifs is 7. The highest BCUT2D eigenvalue weighted by Gasteiger charge is 2.45. The quantitative estimate of drug-likeness (QED) is 0.158. The van der Waals surface area contributed by atoms with E-state index in [2.05, 4.69) is 276 Å². The monoisotopic (exact) mass is 967 g/mol. The maximum absolute atomic E-state index is 2.66. The molecule has 0 saturated carbocycles. The molecule has 1 atom stereocenters. The maximum atomic E-state index is 2.66. The highest BCUT2D eigenvalue weighted by Crippen LogP contribution is 2.58. The maximum Gasteiger partial charge on any atom is 0.0583 e. The Balaban J connectivity index is 0.923. The zero-order valence-corrected chi connectivity index (χ0v) is 44.3. The molecule has 0 amide bonds. The van der Waals surface area contributed by atoms with Crippen molar-refractivity contribution < 1.29 is 0 Å². The van der Waals surface area contributed by atoms with Crippen molar-refractivity contribution in [2.24, 2.45) is 0 Å². The average Bonchev–Trinajstić information content (AvgIpc) is 4.03. The van der Waals surface area contributed by atoms with Gasteiger partial charge in [0.2, 0.25) is 0 Å². The normalized spacial score (nSPS) is 17.7. The zero-order valence-electron chi connectivity index (χ0n) is 44.3. The fraction of sp³-hybridized carbons (Fsp3) is 0.194. The lowest BCUT2D eigenvalue weighted by Gasteiger charge is -2.42. The number of hydrogen-bond donors (Lipinski definition) is 0. The molecule has 3 aliphatic carbocycles. The predicted octanol–water partition coefficient (Wildman–Crippen LogP) is 18.8. The van der Waals surface area contributed by atoms with Gasteiger partial charge in [-0.3, -0.25) is 0 Å². The lowest BCUT2D eigenvalue weighted by Crippen LogP contribution is -2.34. The van der Waals surface area contributed by atoms with Gasteiger partial charge in [-0.2, -0.15) is 0 Å². The van der Waals surface area contributed by atoms with Crippen LogP contribution in [0.15, 0.2) is 206 Å². The summed E-state index contributed by atoms with van der Waals surface area (Å²) < 4.78 is 2.66. The molecule has 3 heteroatoms. The van der Waals surface area contributed by atoms with Crippen molar-refractivity contribution in [3.63, 3.8) is 0 Å². The first kappa shape index (κ1) is 44.4. The van der Waals surface area contributed by atoms with Crippen LogP contribution >= 0.6 is 0 Å². The smallest absolute Gasteiger partial charge is 0.0583 e. The number of para-hydroxylation sites is 2. The van der Waals surface area contributed by atoms with Gasteiger partial charge in [-0.15, -0.1) is 0 Å². The Hall–Kier alpha value is -8.14. The molecule has 0 N–H and O–H groups in total. The highest BCUT2D eigenvalue weighted by molar-refractivity contribution is 6.16. The van der Waals surface area contributed by atoms with Gasteiger partial charge >= 0.3 is 0 Å². The van der Waals surface area contributed by atoms with Gasteiger partial charge in [0, 0.05) is 60.9 Å². The molecule has 3 nitrogen and oxygen atoms in total. The number of anilines is 5. The summed E-state index contributed by atoms with van der Waals surface area (Å²) in [6.45, 7) is 19.3. The van der Waals surface area contributed by atoms with E-state index in [0.29, 0.717) is 0 Å². The molecule has 0 bridgehead atoms. The third-order valence-electron chi connectivity index (χ3n) is 18.6. The summed E-state index contributed by atoms with van der Waals surface area (Å²) in [5.74, 6) is 0. The van der Waals surface area contributed by atoms with E-state index in [-0.39, 0.29) is 27.7 Å². The van der Waals surface area contributed by atoms with Gasteiger partial charge in [0.05, 0.1) is 22.8 Å². The third-order valence-corrected chi connectivity index (χ3v) is 18.6. The minimum atomic E-state index is -0.242. The summed E-state index contributed by atoms with van der Waals surface area (Å²) in [7, 11) is 0. The van der Waals surface area contributed by atoms with Gasteiger partial charge in [0.15, 0.2) is 0 Å². The molecule has 364 valence electrons. The van der Waals surface area contributed by atoms with Crippen LogP contribution in [-0.2, 0) is 21.7 Å². The minimum absolute atomic E-state index is 0.127. The molecule has 0 fully saturated rings. The van der Waals surface area contributed by atoms with E-state index in [9.17, 15) is 0 Å². The molecule has 10 aromatic rings. The molecular weight excluding hydrogens is 907 g/mol. The summed E-state index contributed by atoms with van der Waals surface area (Å²) in [5, 5.41) is 2.63. The Labute approximate surface area is 441 Å². The van der Waals surface area contributed by atoms with Gasteiger partial charge in [0.25, 0.3) is 0 Å². The first-order valence-corrected chi connectivity index (χ1v) is 27.1. The summed E-state index contributed by atoms with van der Waals surface area (Å²) in [6.07, 6.45) is 10.0. The van der Waals surface area contributed by atoms with Crippen molar-refractivity contribution in [3.8, 4) is 39.1 Å². The number of allylic oxidation sites excluding steroid dienone is 2. The molecule has 0 radical (unpaired) electrons. The van der Waals surface area contributed by atoms with Crippen molar-refractivity contribution in [3.05, 3.63) is 251 Å². The number of aromatic nitrogens is 1. The first-order valence-electron chi connectivity index (χ1n) is 27.1.